The highest BCUT2D eigenvalue weighted by molar-refractivity contribution is 5.77. The topological polar surface area (TPSA) is 40.8 Å². The number of fused-ring (bicyclic) bond motifs is 4. The van der Waals surface area contributed by atoms with Crippen molar-refractivity contribution in [2.24, 2.45) is 0 Å². The van der Waals surface area contributed by atoms with Crippen molar-refractivity contribution in [1.29, 1.82) is 0 Å². The molecule has 2 aliphatic rings. The third-order valence-electron chi connectivity index (χ3n) is 5.42. The number of rotatable bonds is 1. The van der Waals surface area contributed by atoms with Crippen LogP contribution < -0.4 is 4.90 Å². The molecule has 0 spiro atoms. The van der Waals surface area contributed by atoms with E-state index in [1.807, 2.05) is 6.07 Å². The Balaban J connectivity index is 1.76. The summed E-state index contributed by atoms with van der Waals surface area (Å²) in [6.45, 7) is 2.06. The van der Waals surface area contributed by atoms with Gasteiger partial charge in [-0.2, -0.15) is 0 Å². The zero-order valence-corrected chi connectivity index (χ0v) is 14.4. The molecule has 1 aliphatic carbocycles. The summed E-state index contributed by atoms with van der Waals surface area (Å²) in [6, 6.07) is 7.98. The Bertz CT molecular complexity index is 1020. The smallest absolute Gasteiger partial charge is 0.145 e. The van der Waals surface area contributed by atoms with Gasteiger partial charge in [0.1, 0.15) is 17.2 Å². The summed E-state index contributed by atoms with van der Waals surface area (Å²) in [5.74, 6) is 1.33. The molecule has 1 N–H and O–H groups in total. The number of imidazole rings is 1. The number of phenols is 1. The van der Waals surface area contributed by atoms with Gasteiger partial charge in [0, 0.05) is 12.4 Å². The van der Waals surface area contributed by atoms with Gasteiger partial charge in [-0.1, -0.05) is 18.2 Å². The summed E-state index contributed by atoms with van der Waals surface area (Å²) < 4.78 is 2.19. The zero-order chi connectivity index (χ0) is 17.0. The quantitative estimate of drug-likeness (QED) is 0.717. The van der Waals surface area contributed by atoms with E-state index in [2.05, 4.69) is 46.8 Å². The summed E-state index contributed by atoms with van der Waals surface area (Å²) in [6.07, 6.45) is 11.9. The standard InChI is InChI=1S/C21H21N3O/c1-14-21(23-12-5-8-16-7-4-10-18(25)19(16)23)24-13-11-15-6-2-3-9-17(15)20(24)22-14/h4-5,7,10-13,25H,2-3,6,8-9H2,1H3. The molecule has 4 nitrogen and oxygen atoms in total. The lowest BCUT2D eigenvalue weighted by atomic mass is 9.93. The highest BCUT2D eigenvalue weighted by Gasteiger charge is 2.25. The second kappa shape index (κ2) is 5.38. The molecular formula is C21H21N3O. The molecule has 0 bridgehead atoms. The van der Waals surface area contributed by atoms with E-state index in [1.54, 1.807) is 6.07 Å². The lowest BCUT2D eigenvalue weighted by Gasteiger charge is -2.27. The molecule has 0 amide bonds. The molecule has 25 heavy (non-hydrogen) atoms. The number of aromatic nitrogens is 2. The minimum absolute atomic E-state index is 0.314. The van der Waals surface area contributed by atoms with Crippen molar-refractivity contribution < 1.29 is 5.11 Å². The molecular weight excluding hydrogens is 310 g/mol. The number of anilines is 2. The Morgan fingerprint density at radius 1 is 1.08 bits per heavy atom. The van der Waals surface area contributed by atoms with Crippen LogP contribution in [0.4, 0.5) is 11.5 Å². The molecule has 1 aromatic carbocycles. The van der Waals surface area contributed by atoms with Crippen LogP contribution in [0, 0.1) is 6.92 Å². The van der Waals surface area contributed by atoms with E-state index in [1.165, 1.54) is 24.0 Å². The van der Waals surface area contributed by atoms with Crippen LogP contribution in [0.25, 0.3) is 5.65 Å². The molecule has 3 heterocycles. The maximum atomic E-state index is 10.5. The molecule has 0 saturated heterocycles. The first kappa shape index (κ1) is 14.6. The lowest BCUT2D eigenvalue weighted by molar-refractivity contribution is 0.475. The van der Waals surface area contributed by atoms with Gasteiger partial charge in [-0.25, -0.2) is 4.98 Å². The number of benzene rings is 1. The fraction of sp³-hybridized carbons (Fsp3) is 0.286. The van der Waals surface area contributed by atoms with Gasteiger partial charge in [-0.05, 0) is 67.9 Å². The first-order valence-electron chi connectivity index (χ1n) is 9.00. The number of para-hydroxylation sites is 1. The Morgan fingerprint density at radius 2 is 1.96 bits per heavy atom. The molecule has 1 aliphatic heterocycles. The maximum Gasteiger partial charge on any atom is 0.145 e. The number of allylic oxidation sites excluding steroid dienone is 1. The van der Waals surface area contributed by atoms with Crippen molar-refractivity contribution in [3.05, 3.63) is 65.1 Å². The van der Waals surface area contributed by atoms with Crippen LogP contribution in [0.15, 0.2) is 42.7 Å². The first-order valence-corrected chi connectivity index (χ1v) is 9.00. The summed E-state index contributed by atoms with van der Waals surface area (Å²) >= 11 is 0. The van der Waals surface area contributed by atoms with Crippen molar-refractivity contribution in [3.63, 3.8) is 0 Å². The van der Waals surface area contributed by atoms with Crippen molar-refractivity contribution in [2.45, 2.75) is 39.0 Å². The number of aromatic hydroxyl groups is 1. The molecule has 0 atom stereocenters. The highest BCUT2D eigenvalue weighted by atomic mass is 16.3. The molecule has 0 fully saturated rings. The van der Waals surface area contributed by atoms with Gasteiger partial charge in [0.15, 0.2) is 0 Å². The van der Waals surface area contributed by atoms with Crippen LogP contribution >= 0.6 is 0 Å². The van der Waals surface area contributed by atoms with E-state index >= 15 is 0 Å². The van der Waals surface area contributed by atoms with Crippen molar-refractivity contribution in [1.82, 2.24) is 9.38 Å². The minimum atomic E-state index is 0.314. The van der Waals surface area contributed by atoms with E-state index in [0.29, 0.717) is 5.75 Å². The summed E-state index contributed by atoms with van der Waals surface area (Å²) in [4.78, 5) is 6.99. The highest BCUT2D eigenvalue weighted by Crippen LogP contribution is 2.41. The average Bonchev–Trinajstić information content (AvgIpc) is 2.98. The molecule has 0 radical (unpaired) electrons. The van der Waals surface area contributed by atoms with Crippen LogP contribution in [0.3, 0.4) is 0 Å². The number of hydrogen-bond donors (Lipinski definition) is 1. The van der Waals surface area contributed by atoms with Gasteiger partial charge in [0.25, 0.3) is 0 Å². The van der Waals surface area contributed by atoms with Crippen molar-refractivity contribution in [3.8, 4) is 5.75 Å². The third-order valence-corrected chi connectivity index (χ3v) is 5.42. The number of nitrogens with zero attached hydrogens (tertiary/aromatic N) is 3. The van der Waals surface area contributed by atoms with Crippen LogP contribution in [-0.4, -0.2) is 14.5 Å². The van der Waals surface area contributed by atoms with E-state index in [0.717, 1.165) is 47.7 Å². The largest absolute Gasteiger partial charge is 0.506 e. The second-order valence-electron chi connectivity index (χ2n) is 6.98. The normalized spacial score (nSPS) is 16.1. The molecule has 4 heteroatoms. The molecule has 0 unspecified atom stereocenters. The van der Waals surface area contributed by atoms with Gasteiger partial charge in [0.05, 0.1) is 11.4 Å². The van der Waals surface area contributed by atoms with Crippen molar-refractivity contribution in [2.75, 3.05) is 4.90 Å². The van der Waals surface area contributed by atoms with Crippen LogP contribution in [0.5, 0.6) is 5.75 Å². The van der Waals surface area contributed by atoms with Gasteiger partial charge < -0.3 is 5.11 Å². The summed E-state index contributed by atoms with van der Waals surface area (Å²) in [5, 5.41) is 10.5. The minimum Gasteiger partial charge on any atom is -0.506 e. The van der Waals surface area contributed by atoms with Crippen LogP contribution in [0.2, 0.25) is 0 Å². The number of pyridine rings is 1. The zero-order valence-electron chi connectivity index (χ0n) is 14.4. The lowest BCUT2D eigenvalue weighted by Crippen LogP contribution is -2.17. The van der Waals surface area contributed by atoms with E-state index in [-0.39, 0.29) is 0 Å². The predicted octanol–water partition coefficient (Wildman–Crippen LogP) is 4.44. The van der Waals surface area contributed by atoms with Gasteiger partial charge in [0.2, 0.25) is 0 Å². The second-order valence-corrected chi connectivity index (χ2v) is 6.98. The van der Waals surface area contributed by atoms with Crippen molar-refractivity contribution >= 4 is 17.2 Å². The molecule has 126 valence electrons. The number of aryl methyl sites for hydroxylation is 3. The number of hydrogen-bond acceptors (Lipinski definition) is 3. The Labute approximate surface area is 147 Å². The SMILES string of the molecule is Cc1nc2c3c(ccn2c1N1C=CCc2cccc(O)c21)CCCC3. The van der Waals surface area contributed by atoms with Crippen LogP contribution in [-0.2, 0) is 19.3 Å². The van der Waals surface area contributed by atoms with E-state index in [9.17, 15) is 5.11 Å². The Morgan fingerprint density at radius 3 is 2.88 bits per heavy atom. The van der Waals surface area contributed by atoms with E-state index in [4.69, 9.17) is 4.98 Å². The summed E-state index contributed by atoms with van der Waals surface area (Å²) in [5.41, 5.74) is 6.89. The molecule has 0 saturated carbocycles. The fourth-order valence-electron chi connectivity index (χ4n) is 4.27. The predicted molar refractivity (Wildman–Crippen MR) is 99.7 cm³/mol. The molecule has 2 aromatic heterocycles. The molecule has 3 aromatic rings. The van der Waals surface area contributed by atoms with Gasteiger partial charge >= 0.3 is 0 Å². The van der Waals surface area contributed by atoms with Crippen LogP contribution in [0.1, 0.15) is 35.2 Å². The number of phenolic OH excluding ortho intramolecular Hbond substituents is 1. The average molecular weight is 331 g/mol. The van der Waals surface area contributed by atoms with E-state index < -0.39 is 0 Å². The third kappa shape index (κ3) is 2.10. The fourth-order valence-corrected chi connectivity index (χ4v) is 4.27. The monoisotopic (exact) mass is 331 g/mol. The Hall–Kier alpha value is -2.75. The van der Waals surface area contributed by atoms with Gasteiger partial charge in [-0.15, -0.1) is 0 Å². The first-order chi connectivity index (χ1) is 12.2. The Kier molecular flexibility index (Phi) is 3.14. The maximum absolute atomic E-state index is 10.5. The van der Waals surface area contributed by atoms with Gasteiger partial charge in [-0.3, -0.25) is 9.30 Å². The summed E-state index contributed by atoms with van der Waals surface area (Å²) in [7, 11) is 0. The molecule has 5 rings (SSSR count).